The van der Waals surface area contributed by atoms with E-state index >= 15 is 0 Å². The first kappa shape index (κ1) is 11.7. The molecule has 0 bridgehead atoms. The van der Waals surface area contributed by atoms with Crippen LogP contribution in [0.3, 0.4) is 0 Å². The Morgan fingerprint density at radius 3 is 2.88 bits per heavy atom. The van der Waals surface area contributed by atoms with E-state index in [1.54, 1.807) is 30.1 Å². The quantitative estimate of drug-likeness (QED) is 0.832. The first-order valence-electron chi connectivity index (χ1n) is 4.91. The summed E-state index contributed by atoms with van der Waals surface area (Å²) in [5.41, 5.74) is 7.38. The predicted octanol–water partition coefficient (Wildman–Crippen LogP) is 2.02. The SMILES string of the molecule is Cn1cc(C(=O)Nc2ccc(Br)cc2N)cn1. The summed E-state index contributed by atoms with van der Waals surface area (Å²) < 4.78 is 2.44. The Balaban J connectivity index is 2.18. The van der Waals surface area contributed by atoms with Gasteiger partial charge in [0.25, 0.3) is 5.91 Å². The van der Waals surface area contributed by atoms with Gasteiger partial charge >= 0.3 is 0 Å². The largest absolute Gasteiger partial charge is 0.397 e. The van der Waals surface area contributed by atoms with Crippen molar-refractivity contribution in [1.29, 1.82) is 0 Å². The summed E-state index contributed by atoms with van der Waals surface area (Å²) in [5.74, 6) is -0.230. The maximum Gasteiger partial charge on any atom is 0.258 e. The normalized spacial score (nSPS) is 10.2. The second kappa shape index (κ2) is 4.58. The lowest BCUT2D eigenvalue weighted by atomic mass is 10.2. The molecule has 2 aromatic rings. The number of halogens is 1. The molecule has 0 aliphatic heterocycles. The molecule has 0 fully saturated rings. The van der Waals surface area contributed by atoms with E-state index in [1.807, 2.05) is 6.07 Å². The highest BCUT2D eigenvalue weighted by Gasteiger charge is 2.09. The molecule has 5 nitrogen and oxygen atoms in total. The highest BCUT2D eigenvalue weighted by Crippen LogP contribution is 2.23. The summed E-state index contributed by atoms with van der Waals surface area (Å²) in [6.45, 7) is 0. The zero-order chi connectivity index (χ0) is 12.4. The van der Waals surface area contributed by atoms with Gasteiger partial charge < -0.3 is 11.1 Å². The minimum absolute atomic E-state index is 0.230. The molecular formula is C11H11BrN4O. The van der Waals surface area contributed by atoms with Crippen molar-refractivity contribution < 1.29 is 4.79 Å². The summed E-state index contributed by atoms with van der Waals surface area (Å²) in [5, 5.41) is 6.66. The Kier molecular flexibility index (Phi) is 3.14. The summed E-state index contributed by atoms with van der Waals surface area (Å²) in [6, 6.07) is 5.29. The number of nitrogens with zero attached hydrogens (tertiary/aromatic N) is 2. The van der Waals surface area contributed by atoms with Crippen molar-refractivity contribution in [3.8, 4) is 0 Å². The number of hydrogen-bond donors (Lipinski definition) is 2. The van der Waals surface area contributed by atoms with E-state index in [2.05, 4.69) is 26.3 Å². The van der Waals surface area contributed by atoms with Gasteiger partial charge in [-0.1, -0.05) is 15.9 Å². The lowest BCUT2D eigenvalue weighted by Gasteiger charge is -2.07. The van der Waals surface area contributed by atoms with Gasteiger partial charge in [0.15, 0.2) is 0 Å². The van der Waals surface area contributed by atoms with Crippen LogP contribution in [0.15, 0.2) is 35.1 Å². The fourth-order valence-electron chi connectivity index (χ4n) is 1.38. The fourth-order valence-corrected chi connectivity index (χ4v) is 1.76. The van der Waals surface area contributed by atoms with Crippen molar-refractivity contribution in [2.24, 2.45) is 7.05 Å². The average molecular weight is 295 g/mol. The van der Waals surface area contributed by atoms with Gasteiger partial charge in [-0.25, -0.2) is 0 Å². The molecule has 0 atom stereocenters. The van der Waals surface area contributed by atoms with E-state index in [1.165, 1.54) is 6.20 Å². The molecule has 6 heteroatoms. The van der Waals surface area contributed by atoms with Gasteiger partial charge in [-0.15, -0.1) is 0 Å². The molecule has 2 rings (SSSR count). The molecule has 0 saturated carbocycles. The number of rotatable bonds is 2. The molecule has 17 heavy (non-hydrogen) atoms. The number of aryl methyl sites for hydroxylation is 1. The maximum atomic E-state index is 11.8. The van der Waals surface area contributed by atoms with Crippen molar-refractivity contribution in [3.63, 3.8) is 0 Å². The van der Waals surface area contributed by atoms with E-state index in [4.69, 9.17) is 5.73 Å². The van der Waals surface area contributed by atoms with Crippen molar-refractivity contribution in [2.75, 3.05) is 11.1 Å². The molecule has 3 N–H and O–H groups in total. The Hall–Kier alpha value is -1.82. The number of nitrogens with two attached hydrogens (primary N) is 1. The Bertz CT molecular complexity index is 564. The van der Waals surface area contributed by atoms with Crippen LogP contribution < -0.4 is 11.1 Å². The third-order valence-electron chi connectivity index (χ3n) is 2.23. The van der Waals surface area contributed by atoms with Crippen molar-refractivity contribution in [1.82, 2.24) is 9.78 Å². The van der Waals surface area contributed by atoms with Crippen LogP contribution in [0.5, 0.6) is 0 Å². The van der Waals surface area contributed by atoms with Crippen LogP contribution in [0.25, 0.3) is 0 Å². The zero-order valence-electron chi connectivity index (χ0n) is 9.14. The van der Waals surface area contributed by atoms with Gasteiger partial charge in [0.05, 0.1) is 23.1 Å². The third-order valence-corrected chi connectivity index (χ3v) is 2.72. The Labute approximate surface area is 107 Å². The van der Waals surface area contributed by atoms with E-state index < -0.39 is 0 Å². The van der Waals surface area contributed by atoms with Crippen LogP contribution in [0, 0.1) is 0 Å². The molecule has 0 spiro atoms. The standard InChI is InChI=1S/C11H11BrN4O/c1-16-6-7(5-14-16)11(17)15-10-3-2-8(12)4-9(10)13/h2-6H,13H2,1H3,(H,15,17). The third kappa shape index (κ3) is 2.65. The number of nitrogens with one attached hydrogen (secondary N) is 1. The lowest BCUT2D eigenvalue weighted by Crippen LogP contribution is -2.12. The smallest absolute Gasteiger partial charge is 0.258 e. The number of nitrogen functional groups attached to an aromatic ring is 1. The molecule has 0 aliphatic rings. The van der Waals surface area contributed by atoms with Crippen molar-refractivity contribution >= 4 is 33.2 Å². The van der Waals surface area contributed by atoms with Gasteiger partial charge in [0.2, 0.25) is 0 Å². The Morgan fingerprint density at radius 1 is 1.53 bits per heavy atom. The summed E-state index contributed by atoms with van der Waals surface area (Å²) in [6.07, 6.45) is 3.15. The molecule has 1 amide bonds. The molecule has 1 aromatic heterocycles. The molecule has 0 unspecified atom stereocenters. The molecule has 1 aromatic carbocycles. The first-order valence-corrected chi connectivity index (χ1v) is 5.70. The minimum Gasteiger partial charge on any atom is -0.397 e. The summed E-state index contributed by atoms with van der Waals surface area (Å²) >= 11 is 3.30. The second-order valence-electron chi connectivity index (χ2n) is 3.59. The van der Waals surface area contributed by atoms with Crippen LogP contribution in [-0.4, -0.2) is 15.7 Å². The van der Waals surface area contributed by atoms with E-state index in [0.29, 0.717) is 16.9 Å². The summed E-state index contributed by atoms with van der Waals surface area (Å²) in [4.78, 5) is 11.8. The number of aromatic nitrogens is 2. The van der Waals surface area contributed by atoms with Gasteiger partial charge in [0.1, 0.15) is 0 Å². The highest BCUT2D eigenvalue weighted by molar-refractivity contribution is 9.10. The van der Waals surface area contributed by atoms with Crippen LogP contribution in [0.2, 0.25) is 0 Å². The number of anilines is 2. The van der Waals surface area contributed by atoms with E-state index in [0.717, 1.165) is 4.47 Å². The van der Waals surface area contributed by atoms with Crippen LogP contribution in [0.4, 0.5) is 11.4 Å². The zero-order valence-corrected chi connectivity index (χ0v) is 10.7. The van der Waals surface area contributed by atoms with Gasteiger partial charge in [0, 0.05) is 17.7 Å². The Morgan fingerprint density at radius 2 is 2.29 bits per heavy atom. The lowest BCUT2D eigenvalue weighted by molar-refractivity contribution is 0.102. The molecule has 0 radical (unpaired) electrons. The highest BCUT2D eigenvalue weighted by atomic mass is 79.9. The average Bonchev–Trinajstić information content (AvgIpc) is 2.69. The molecule has 0 saturated heterocycles. The van der Waals surface area contributed by atoms with E-state index in [-0.39, 0.29) is 5.91 Å². The number of carbonyl (C=O) groups is 1. The van der Waals surface area contributed by atoms with Gasteiger partial charge in [-0.3, -0.25) is 9.48 Å². The summed E-state index contributed by atoms with van der Waals surface area (Å²) in [7, 11) is 1.75. The second-order valence-corrected chi connectivity index (χ2v) is 4.50. The minimum atomic E-state index is -0.230. The first-order chi connectivity index (χ1) is 8.06. The van der Waals surface area contributed by atoms with Gasteiger partial charge in [-0.2, -0.15) is 5.10 Å². The van der Waals surface area contributed by atoms with Crippen LogP contribution in [-0.2, 0) is 7.05 Å². The van der Waals surface area contributed by atoms with Crippen LogP contribution >= 0.6 is 15.9 Å². The van der Waals surface area contributed by atoms with Crippen molar-refractivity contribution in [2.45, 2.75) is 0 Å². The molecule has 88 valence electrons. The maximum absolute atomic E-state index is 11.8. The number of carbonyl (C=O) groups excluding carboxylic acids is 1. The number of amides is 1. The number of benzene rings is 1. The number of hydrogen-bond acceptors (Lipinski definition) is 3. The molecule has 1 heterocycles. The molecule has 0 aliphatic carbocycles. The monoisotopic (exact) mass is 294 g/mol. The van der Waals surface area contributed by atoms with Gasteiger partial charge in [-0.05, 0) is 18.2 Å². The fraction of sp³-hybridized carbons (Fsp3) is 0.0909. The van der Waals surface area contributed by atoms with Crippen LogP contribution in [0.1, 0.15) is 10.4 Å². The van der Waals surface area contributed by atoms with Crippen molar-refractivity contribution in [3.05, 3.63) is 40.6 Å². The topological polar surface area (TPSA) is 72.9 Å². The predicted molar refractivity (Wildman–Crippen MR) is 69.7 cm³/mol. The molecular weight excluding hydrogens is 284 g/mol. The van der Waals surface area contributed by atoms with E-state index in [9.17, 15) is 4.79 Å².